The van der Waals surface area contributed by atoms with Crippen molar-refractivity contribution in [3.05, 3.63) is 0 Å². The molecule has 0 saturated carbocycles. The molecule has 5 nitrogen and oxygen atoms in total. The number of hydrogen-bond acceptors (Lipinski definition) is 5. The van der Waals surface area contributed by atoms with Gasteiger partial charge in [0.25, 0.3) is 5.78 Å². The van der Waals surface area contributed by atoms with Gasteiger partial charge in [-0.05, 0) is 6.92 Å². The molecule has 0 aromatic rings. The van der Waals surface area contributed by atoms with E-state index in [-0.39, 0.29) is 6.61 Å². The van der Waals surface area contributed by atoms with Crippen molar-refractivity contribution in [2.45, 2.75) is 13.3 Å². The lowest BCUT2D eigenvalue weighted by atomic mass is 10.2. The zero-order chi connectivity index (χ0) is 10.4. The van der Waals surface area contributed by atoms with Gasteiger partial charge < -0.3 is 9.94 Å². The van der Waals surface area contributed by atoms with E-state index in [0.717, 1.165) is 0 Å². The van der Waals surface area contributed by atoms with E-state index in [4.69, 9.17) is 5.21 Å². The molecule has 0 atom stereocenters. The number of hydrogen-bond donors (Lipinski definition) is 1. The number of oxime groups is 1. The quantitative estimate of drug-likeness (QED) is 0.229. The van der Waals surface area contributed by atoms with E-state index >= 15 is 0 Å². The first-order valence-electron chi connectivity index (χ1n) is 3.26. The first kappa shape index (κ1) is 11.5. The Morgan fingerprint density at radius 3 is 2.38 bits per heavy atom. The normalized spacial score (nSPS) is 11.5. The van der Waals surface area contributed by atoms with Gasteiger partial charge in [-0.3, -0.25) is 4.79 Å². The second kappa shape index (κ2) is 5.18. The molecule has 0 heterocycles. The van der Waals surface area contributed by atoms with Crippen LogP contribution in [0.2, 0.25) is 0 Å². The van der Waals surface area contributed by atoms with Gasteiger partial charge in [0.05, 0.1) is 6.61 Å². The smallest absolute Gasteiger partial charge is 0.364 e. The molecule has 74 valence electrons. The van der Waals surface area contributed by atoms with Crippen molar-refractivity contribution in [2.75, 3.05) is 6.61 Å². The van der Waals surface area contributed by atoms with E-state index < -0.39 is 23.9 Å². The molecular formula is C6H7F2NO4. The Morgan fingerprint density at radius 1 is 1.54 bits per heavy atom. The zero-order valence-electron chi connectivity index (χ0n) is 6.66. The van der Waals surface area contributed by atoms with E-state index in [0.29, 0.717) is 0 Å². The van der Waals surface area contributed by atoms with E-state index in [1.54, 1.807) is 0 Å². The molecule has 7 heteroatoms. The van der Waals surface area contributed by atoms with Gasteiger partial charge in [-0.15, -0.1) is 0 Å². The van der Waals surface area contributed by atoms with Crippen LogP contribution in [0.1, 0.15) is 6.92 Å². The number of alkyl halides is 2. The minimum atomic E-state index is -3.39. The van der Waals surface area contributed by atoms with E-state index in [1.165, 1.54) is 6.92 Å². The van der Waals surface area contributed by atoms with Gasteiger partial charge in [0.2, 0.25) is 5.71 Å². The number of rotatable bonds is 4. The zero-order valence-corrected chi connectivity index (χ0v) is 6.66. The van der Waals surface area contributed by atoms with Crippen LogP contribution in [0.3, 0.4) is 0 Å². The second-order valence-electron chi connectivity index (χ2n) is 1.83. The summed E-state index contributed by atoms with van der Waals surface area (Å²) in [5, 5.41) is 10.2. The van der Waals surface area contributed by atoms with Gasteiger partial charge in [0.15, 0.2) is 0 Å². The maximum absolute atomic E-state index is 11.7. The molecule has 0 aliphatic heterocycles. The average molecular weight is 195 g/mol. The van der Waals surface area contributed by atoms with E-state index in [1.807, 2.05) is 0 Å². The topological polar surface area (TPSA) is 76.0 Å². The largest absolute Gasteiger partial charge is 0.461 e. The van der Waals surface area contributed by atoms with Crippen LogP contribution in [0, 0.1) is 0 Å². The summed E-state index contributed by atoms with van der Waals surface area (Å²) < 4.78 is 27.6. The van der Waals surface area contributed by atoms with Crippen molar-refractivity contribution >= 4 is 17.5 Å². The minimum absolute atomic E-state index is 0.103. The molecule has 0 fully saturated rings. The van der Waals surface area contributed by atoms with Crippen LogP contribution >= 0.6 is 0 Å². The summed E-state index contributed by atoms with van der Waals surface area (Å²) >= 11 is 0. The van der Waals surface area contributed by atoms with Crippen molar-refractivity contribution in [3.8, 4) is 0 Å². The van der Waals surface area contributed by atoms with Crippen LogP contribution in [0.15, 0.2) is 5.16 Å². The maximum Gasteiger partial charge on any atom is 0.364 e. The summed E-state index contributed by atoms with van der Waals surface area (Å²) in [6, 6.07) is 0. The van der Waals surface area contributed by atoms with E-state index in [2.05, 4.69) is 9.89 Å². The van der Waals surface area contributed by atoms with Gasteiger partial charge >= 0.3 is 12.4 Å². The van der Waals surface area contributed by atoms with Crippen LogP contribution in [-0.2, 0) is 14.3 Å². The highest BCUT2D eigenvalue weighted by molar-refractivity contribution is 6.64. The Labute approximate surface area is 72.0 Å². The number of esters is 1. The van der Waals surface area contributed by atoms with Crippen molar-refractivity contribution in [1.82, 2.24) is 0 Å². The summed E-state index contributed by atoms with van der Waals surface area (Å²) in [4.78, 5) is 21.1. The molecule has 0 unspecified atom stereocenters. The van der Waals surface area contributed by atoms with Crippen LogP contribution in [0.4, 0.5) is 8.78 Å². The molecule has 0 bridgehead atoms. The Morgan fingerprint density at radius 2 is 2.08 bits per heavy atom. The van der Waals surface area contributed by atoms with Crippen molar-refractivity contribution in [2.24, 2.45) is 5.16 Å². The van der Waals surface area contributed by atoms with Gasteiger partial charge in [0.1, 0.15) is 0 Å². The number of carbonyl (C=O) groups is 2. The molecular weight excluding hydrogens is 188 g/mol. The number of nitrogens with zero attached hydrogens (tertiary/aromatic N) is 1. The van der Waals surface area contributed by atoms with Crippen molar-refractivity contribution in [1.29, 1.82) is 0 Å². The summed E-state index contributed by atoms with van der Waals surface area (Å²) in [7, 11) is 0. The summed E-state index contributed by atoms with van der Waals surface area (Å²) in [6.45, 7) is 1.31. The predicted molar refractivity (Wildman–Crippen MR) is 36.9 cm³/mol. The standard InChI is InChI=1S/C6H7F2NO4/c1-2-13-6(11)3(9-12)4(10)5(7)8/h5,12H,2H2,1H3/b9-3+. The van der Waals surface area contributed by atoms with Crippen molar-refractivity contribution < 1.29 is 28.3 Å². The SMILES string of the molecule is CCOC(=O)/C(=N/O)C(=O)C(F)F. The van der Waals surface area contributed by atoms with Crippen LogP contribution in [-0.4, -0.2) is 35.7 Å². The number of ketones is 1. The molecule has 0 saturated heterocycles. The van der Waals surface area contributed by atoms with Crippen LogP contribution in [0.25, 0.3) is 0 Å². The molecule has 0 spiro atoms. The third-order valence-electron chi connectivity index (χ3n) is 1.00. The molecule has 0 aromatic heterocycles. The lowest BCUT2D eigenvalue weighted by Crippen LogP contribution is -2.31. The Balaban J connectivity index is 4.54. The summed E-state index contributed by atoms with van der Waals surface area (Å²) in [5.41, 5.74) is -1.29. The molecule has 0 aliphatic carbocycles. The highest BCUT2D eigenvalue weighted by Gasteiger charge is 2.29. The van der Waals surface area contributed by atoms with Crippen LogP contribution in [0.5, 0.6) is 0 Å². The van der Waals surface area contributed by atoms with Gasteiger partial charge in [-0.1, -0.05) is 5.16 Å². The number of Topliss-reactive ketones (excluding diaryl/α,β-unsaturated/α-hetero) is 1. The Bertz CT molecular complexity index is 239. The number of carbonyl (C=O) groups excluding carboxylic acids is 2. The first-order valence-corrected chi connectivity index (χ1v) is 3.26. The molecule has 0 radical (unpaired) electrons. The maximum atomic E-state index is 11.7. The van der Waals surface area contributed by atoms with Gasteiger partial charge in [0, 0.05) is 0 Å². The fraction of sp³-hybridized carbons (Fsp3) is 0.500. The third-order valence-corrected chi connectivity index (χ3v) is 1.00. The lowest BCUT2D eigenvalue weighted by Gasteiger charge is -2.01. The molecule has 1 N–H and O–H groups in total. The third kappa shape index (κ3) is 3.14. The van der Waals surface area contributed by atoms with E-state index in [9.17, 15) is 18.4 Å². The average Bonchev–Trinajstić information content (AvgIpc) is 2.05. The number of ether oxygens (including phenoxy) is 1. The highest BCUT2D eigenvalue weighted by Crippen LogP contribution is 1.98. The Kier molecular flexibility index (Phi) is 4.57. The minimum Gasteiger partial charge on any atom is -0.461 e. The lowest BCUT2D eigenvalue weighted by molar-refractivity contribution is -0.137. The number of halogens is 2. The van der Waals surface area contributed by atoms with Crippen LogP contribution < -0.4 is 0 Å². The molecule has 0 amide bonds. The van der Waals surface area contributed by atoms with Crippen molar-refractivity contribution in [3.63, 3.8) is 0 Å². The molecule has 0 aliphatic rings. The highest BCUT2D eigenvalue weighted by atomic mass is 19.3. The molecule has 0 aromatic carbocycles. The fourth-order valence-corrected chi connectivity index (χ4v) is 0.494. The fourth-order valence-electron chi connectivity index (χ4n) is 0.494. The van der Waals surface area contributed by atoms with Gasteiger partial charge in [-0.25, -0.2) is 13.6 Å². The molecule has 13 heavy (non-hydrogen) atoms. The summed E-state index contributed by atoms with van der Waals surface area (Å²) in [5.74, 6) is -3.23. The summed E-state index contributed by atoms with van der Waals surface area (Å²) in [6.07, 6.45) is -3.39. The van der Waals surface area contributed by atoms with Gasteiger partial charge in [-0.2, -0.15) is 0 Å². The monoisotopic (exact) mass is 195 g/mol. The second-order valence-corrected chi connectivity index (χ2v) is 1.83. The Hall–Kier alpha value is -1.53. The first-order chi connectivity index (χ1) is 6.04. The predicted octanol–water partition coefficient (Wildman–Crippen LogP) is 0.214. The molecule has 0 rings (SSSR count).